The van der Waals surface area contributed by atoms with E-state index in [1.54, 1.807) is 6.92 Å². The summed E-state index contributed by atoms with van der Waals surface area (Å²) in [6.45, 7) is 12.4. The number of rotatable bonds is 5. The lowest BCUT2D eigenvalue weighted by atomic mass is 9.87. The molecule has 21 heavy (non-hydrogen) atoms. The number of urea groups is 1. The van der Waals surface area contributed by atoms with Gasteiger partial charge < -0.3 is 15.7 Å². The van der Waals surface area contributed by atoms with Gasteiger partial charge in [-0.15, -0.1) is 0 Å². The van der Waals surface area contributed by atoms with Crippen molar-refractivity contribution in [2.45, 2.75) is 54.1 Å². The number of aliphatic hydroxyl groups is 1. The first-order valence-corrected chi connectivity index (χ1v) is 7.41. The van der Waals surface area contributed by atoms with Crippen molar-refractivity contribution in [3.05, 3.63) is 28.8 Å². The smallest absolute Gasteiger partial charge is 0.319 e. The maximum Gasteiger partial charge on any atom is 0.319 e. The van der Waals surface area contributed by atoms with Gasteiger partial charge in [-0.05, 0) is 50.7 Å². The number of aliphatic hydroxyl groups excluding tert-OH is 1. The van der Waals surface area contributed by atoms with Crippen LogP contribution in [0, 0.1) is 26.2 Å². The van der Waals surface area contributed by atoms with Crippen LogP contribution in [0.4, 0.5) is 10.5 Å². The van der Waals surface area contributed by atoms with Crippen molar-refractivity contribution >= 4 is 11.7 Å². The molecule has 0 heterocycles. The van der Waals surface area contributed by atoms with Gasteiger partial charge in [0, 0.05) is 12.2 Å². The summed E-state index contributed by atoms with van der Waals surface area (Å²) in [5.74, 6) is 0. The van der Waals surface area contributed by atoms with Crippen LogP contribution < -0.4 is 10.6 Å². The van der Waals surface area contributed by atoms with Gasteiger partial charge in [-0.2, -0.15) is 0 Å². The van der Waals surface area contributed by atoms with Crippen molar-refractivity contribution < 1.29 is 9.90 Å². The molecule has 0 fully saturated rings. The largest absolute Gasteiger partial charge is 0.393 e. The van der Waals surface area contributed by atoms with Crippen LogP contribution in [-0.4, -0.2) is 23.8 Å². The summed E-state index contributed by atoms with van der Waals surface area (Å²) < 4.78 is 0. The molecule has 0 aromatic heterocycles. The van der Waals surface area contributed by atoms with E-state index in [2.05, 4.69) is 22.8 Å². The zero-order valence-corrected chi connectivity index (χ0v) is 14.0. The van der Waals surface area contributed by atoms with Gasteiger partial charge >= 0.3 is 6.03 Å². The molecule has 1 unspecified atom stereocenters. The van der Waals surface area contributed by atoms with E-state index in [-0.39, 0.29) is 17.6 Å². The van der Waals surface area contributed by atoms with E-state index in [0.29, 0.717) is 13.0 Å². The molecule has 0 saturated heterocycles. The molecular formula is C17H28N2O2. The second-order valence-electron chi connectivity index (χ2n) is 6.80. The maximum atomic E-state index is 12.0. The minimum Gasteiger partial charge on any atom is -0.393 e. The highest BCUT2D eigenvalue weighted by Crippen LogP contribution is 2.23. The summed E-state index contributed by atoms with van der Waals surface area (Å²) in [6, 6.07) is 3.91. The molecule has 4 nitrogen and oxygen atoms in total. The van der Waals surface area contributed by atoms with Crippen molar-refractivity contribution in [1.29, 1.82) is 0 Å². The molecular weight excluding hydrogens is 264 g/mol. The lowest BCUT2D eigenvalue weighted by Gasteiger charge is -2.26. The third kappa shape index (κ3) is 5.76. The van der Waals surface area contributed by atoms with Crippen molar-refractivity contribution in [3.63, 3.8) is 0 Å². The van der Waals surface area contributed by atoms with E-state index in [1.165, 1.54) is 5.56 Å². The predicted molar refractivity (Wildman–Crippen MR) is 87.8 cm³/mol. The lowest BCUT2D eigenvalue weighted by molar-refractivity contribution is 0.129. The van der Waals surface area contributed by atoms with Crippen LogP contribution in [0.3, 0.4) is 0 Å². The van der Waals surface area contributed by atoms with Gasteiger partial charge in [0.15, 0.2) is 0 Å². The monoisotopic (exact) mass is 292 g/mol. The van der Waals surface area contributed by atoms with E-state index in [0.717, 1.165) is 16.8 Å². The third-order valence-corrected chi connectivity index (χ3v) is 3.49. The summed E-state index contributed by atoms with van der Waals surface area (Å²) in [5, 5.41) is 15.3. The Labute approximate surface area is 128 Å². The quantitative estimate of drug-likeness (QED) is 0.777. The summed E-state index contributed by atoms with van der Waals surface area (Å²) in [7, 11) is 0. The molecule has 0 aliphatic heterocycles. The van der Waals surface area contributed by atoms with Crippen LogP contribution in [-0.2, 0) is 0 Å². The highest BCUT2D eigenvalue weighted by Gasteiger charge is 2.21. The van der Waals surface area contributed by atoms with Crippen LogP contribution in [0.25, 0.3) is 0 Å². The number of anilines is 1. The average Bonchev–Trinajstić information content (AvgIpc) is 2.29. The standard InChI is InChI=1S/C17H28N2O2/c1-11-7-12(2)15(13(3)8-11)19-16(21)18-10-17(5,6)9-14(4)20/h7-8,14,20H,9-10H2,1-6H3,(H2,18,19,21). The fourth-order valence-electron chi connectivity index (χ4n) is 2.73. The highest BCUT2D eigenvalue weighted by molar-refractivity contribution is 5.91. The molecule has 0 saturated carbocycles. The summed E-state index contributed by atoms with van der Waals surface area (Å²) in [4.78, 5) is 12.0. The molecule has 1 aromatic carbocycles. The number of carbonyl (C=O) groups is 1. The second kappa shape index (κ2) is 6.94. The topological polar surface area (TPSA) is 61.4 Å². The van der Waals surface area contributed by atoms with Crippen molar-refractivity contribution in [2.24, 2.45) is 5.41 Å². The van der Waals surface area contributed by atoms with Crippen LogP contribution in [0.1, 0.15) is 43.9 Å². The summed E-state index contributed by atoms with van der Waals surface area (Å²) in [6.07, 6.45) is 0.280. The lowest BCUT2D eigenvalue weighted by Crippen LogP contribution is -2.38. The fraction of sp³-hybridized carbons (Fsp3) is 0.588. The predicted octanol–water partition coefficient (Wildman–Crippen LogP) is 3.53. The second-order valence-corrected chi connectivity index (χ2v) is 6.80. The molecule has 0 aliphatic carbocycles. The van der Waals surface area contributed by atoms with Crippen molar-refractivity contribution in [2.75, 3.05) is 11.9 Å². The number of carbonyl (C=O) groups excluding carboxylic acids is 1. The van der Waals surface area contributed by atoms with E-state index in [1.807, 2.05) is 34.6 Å². The zero-order chi connectivity index (χ0) is 16.2. The van der Waals surface area contributed by atoms with Crippen LogP contribution in [0.15, 0.2) is 12.1 Å². The van der Waals surface area contributed by atoms with Gasteiger partial charge in [-0.3, -0.25) is 0 Å². The minimum atomic E-state index is -0.369. The average molecular weight is 292 g/mol. The first-order valence-electron chi connectivity index (χ1n) is 7.41. The Bertz CT molecular complexity index is 485. The first kappa shape index (κ1) is 17.5. The molecule has 0 bridgehead atoms. The summed E-state index contributed by atoms with van der Waals surface area (Å²) in [5.41, 5.74) is 4.04. The number of benzene rings is 1. The Morgan fingerprint density at radius 2 is 1.76 bits per heavy atom. The highest BCUT2D eigenvalue weighted by atomic mass is 16.3. The van der Waals surface area contributed by atoms with E-state index < -0.39 is 0 Å². The molecule has 2 amide bonds. The normalized spacial score (nSPS) is 12.9. The SMILES string of the molecule is Cc1cc(C)c(NC(=O)NCC(C)(C)CC(C)O)c(C)c1. The fourth-order valence-corrected chi connectivity index (χ4v) is 2.73. The molecule has 0 spiro atoms. The Balaban J connectivity index is 2.63. The molecule has 4 heteroatoms. The van der Waals surface area contributed by atoms with Crippen molar-refractivity contribution in [3.8, 4) is 0 Å². The number of nitrogens with one attached hydrogen (secondary N) is 2. The molecule has 3 N–H and O–H groups in total. The first-order chi connectivity index (χ1) is 9.60. The number of aryl methyl sites for hydroxylation is 3. The Morgan fingerprint density at radius 3 is 2.24 bits per heavy atom. The Hall–Kier alpha value is -1.55. The van der Waals surface area contributed by atoms with Gasteiger partial charge in [0.1, 0.15) is 0 Å². The van der Waals surface area contributed by atoms with E-state index >= 15 is 0 Å². The number of amides is 2. The Morgan fingerprint density at radius 1 is 1.24 bits per heavy atom. The van der Waals surface area contributed by atoms with E-state index in [9.17, 15) is 9.90 Å². The van der Waals surface area contributed by atoms with Gasteiger partial charge in [0.05, 0.1) is 6.10 Å². The maximum absolute atomic E-state index is 12.0. The van der Waals surface area contributed by atoms with Crippen LogP contribution in [0.2, 0.25) is 0 Å². The number of hydrogen-bond donors (Lipinski definition) is 3. The van der Waals surface area contributed by atoms with Crippen LogP contribution in [0.5, 0.6) is 0 Å². The van der Waals surface area contributed by atoms with Gasteiger partial charge in [0.25, 0.3) is 0 Å². The minimum absolute atomic E-state index is 0.136. The molecule has 0 radical (unpaired) electrons. The molecule has 118 valence electrons. The van der Waals surface area contributed by atoms with Gasteiger partial charge in [-0.1, -0.05) is 31.5 Å². The molecule has 1 rings (SSSR count). The Kier molecular flexibility index (Phi) is 5.78. The number of hydrogen-bond acceptors (Lipinski definition) is 2. The van der Waals surface area contributed by atoms with Gasteiger partial charge in [-0.25, -0.2) is 4.79 Å². The zero-order valence-electron chi connectivity index (χ0n) is 14.0. The molecule has 0 aliphatic rings. The molecule has 1 atom stereocenters. The van der Waals surface area contributed by atoms with Crippen molar-refractivity contribution in [1.82, 2.24) is 5.32 Å². The van der Waals surface area contributed by atoms with Crippen LogP contribution >= 0.6 is 0 Å². The van der Waals surface area contributed by atoms with Gasteiger partial charge in [0.2, 0.25) is 0 Å². The third-order valence-electron chi connectivity index (χ3n) is 3.49. The van der Waals surface area contributed by atoms with E-state index in [4.69, 9.17) is 0 Å². The molecule has 1 aromatic rings. The summed E-state index contributed by atoms with van der Waals surface area (Å²) >= 11 is 0.